The quantitative estimate of drug-likeness (QED) is 0.0366. The van der Waals surface area contributed by atoms with Crippen LogP contribution in [0.2, 0.25) is 0 Å². The van der Waals surface area contributed by atoms with E-state index in [1.54, 1.807) is 6.92 Å². The molecule has 0 bridgehead atoms. The maximum Gasteiger partial charge on any atom is 0.315 e. The standard InChI is InChI=1S/C69H112O35/c1-25-37(77)42(82)45(85)58(94-25)99-51-32(76)23-92-57(47(51)87)98-50-26(2)95-60(49(89)53(50)101-56-44(84)38(78)30(74)21-91-56)102-54-39(79)31(75)22-93-62(54)104-63(90)69-15-13-64(3,4)17-28(69)27-9-10-36-65(5)18-29(73)55(66(6,24-72)35(65)11-12-68(36,8)67(27,7)14-16-69)103-61-48(88)52(41(81)34(20-71)97-61)100-59-46(86)43(83)40(80)33(19-70)96-59/h9,25-26,28-62,70-89H,10-24H2,1-8H3/t25-,26-,28-,29-,30+,31-,32+,33+,34+,35+,36+,37-,38-,39-,40+,41+,42+,43-,44+,45+,46+,47+,48+,49+,50-,51-,52-,53-,54+,55-,56-,57-,58-,59-,60-,61-,62-,65-,66-,67+,68+,69-/m0/s1. The normalized spacial score (nSPS) is 55.6. The first-order valence-electron chi connectivity index (χ1n) is 36.6. The van der Waals surface area contributed by atoms with Gasteiger partial charge in [-0.2, -0.15) is 0 Å². The SMILES string of the molecule is C[C@@H]1O[C@@H](O[C@@H]2[C@@H](O)[C@H](O[C@@H]3[C@@H](O[C@@H]4OC[C@@H](O)[C@H](O)[C@H]4O)[C@@H](O)[C@H](O[C@H]4[C@H](OC(=O)[C@]56CCC(C)(C)C[C@H]5C5=CC[C@@H]7[C@@]8(C)C[C@H](O)[C@H](O[C@@H]9O[C@H](CO)[C@@H](O)[C@H](O[C@@H]%10O[C@H](CO)[C@@H](O)[C@H](O)[C@H]%10O)[C@H]9O)[C@@](C)(CO)[C@@H]8CC[C@@]7(C)[C@]5(C)CC6)OC[C@H](O)[C@@H]4O)O[C@H]3C)OC[C@H]2O)[C@H](O)[C@H](O)[C@H]1O. The zero-order chi connectivity index (χ0) is 75.7. The predicted molar refractivity (Wildman–Crippen MR) is 343 cm³/mol. The maximum atomic E-state index is 15.8. The molecule has 12 aliphatic rings. The molecule has 7 saturated heterocycles. The van der Waals surface area contributed by atoms with E-state index < -0.39 is 287 Å². The largest absolute Gasteiger partial charge is 0.432 e. The van der Waals surface area contributed by atoms with Crippen molar-refractivity contribution in [2.24, 2.45) is 50.2 Å². The Balaban J connectivity index is 0.770. The number of rotatable bonds is 17. The van der Waals surface area contributed by atoms with Crippen LogP contribution in [0.25, 0.3) is 0 Å². The van der Waals surface area contributed by atoms with Crippen molar-refractivity contribution in [3.05, 3.63) is 11.6 Å². The van der Waals surface area contributed by atoms with Crippen molar-refractivity contribution >= 4 is 5.97 Å². The molecular formula is C69H112O35. The van der Waals surface area contributed by atoms with Crippen LogP contribution in [-0.4, -0.2) is 357 Å². The Hall–Kier alpha value is -2.11. The number of aliphatic hydroxyl groups excluding tert-OH is 20. The number of hydrogen-bond donors (Lipinski definition) is 20. The Morgan fingerprint density at radius 3 is 1.60 bits per heavy atom. The van der Waals surface area contributed by atoms with Crippen molar-refractivity contribution in [1.82, 2.24) is 0 Å². The first-order chi connectivity index (χ1) is 48.8. The van der Waals surface area contributed by atoms with E-state index in [0.717, 1.165) is 5.57 Å². The molecule has 0 unspecified atom stereocenters. The summed E-state index contributed by atoms with van der Waals surface area (Å²) in [6.45, 7) is 11.8. The van der Waals surface area contributed by atoms with Crippen molar-refractivity contribution in [1.29, 1.82) is 0 Å². The summed E-state index contributed by atoms with van der Waals surface area (Å²) in [7, 11) is 0. The van der Waals surface area contributed by atoms with Gasteiger partial charge >= 0.3 is 5.97 Å². The topological polar surface area (TPSA) is 551 Å². The van der Waals surface area contributed by atoms with Crippen LogP contribution in [0, 0.1) is 50.2 Å². The number of ether oxygens (including phenoxy) is 14. The molecule has 0 aromatic heterocycles. The molecule has 35 nitrogen and oxygen atoms in total. The lowest BCUT2D eigenvalue weighted by atomic mass is 9.33. The van der Waals surface area contributed by atoms with E-state index in [1.807, 2.05) is 0 Å². The third-order valence-electron chi connectivity index (χ3n) is 26.6. The van der Waals surface area contributed by atoms with Crippen molar-refractivity contribution in [3.8, 4) is 0 Å². The van der Waals surface area contributed by atoms with Gasteiger partial charge in [-0.3, -0.25) is 4.79 Å². The third-order valence-corrected chi connectivity index (χ3v) is 26.6. The van der Waals surface area contributed by atoms with E-state index in [0.29, 0.717) is 51.4 Å². The van der Waals surface area contributed by atoms with E-state index >= 15 is 4.79 Å². The molecule has 0 spiro atoms. The molecule has 11 fully saturated rings. The van der Waals surface area contributed by atoms with Crippen molar-refractivity contribution in [2.75, 3.05) is 39.6 Å². The lowest BCUT2D eigenvalue weighted by molar-refractivity contribution is -0.392. The summed E-state index contributed by atoms with van der Waals surface area (Å²) in [6, 6.07) is 0. The minimum Gasteiger partial charge on any atom is -0.432 e. The van der Waals surface area contributed by atoms with Crippen LogP contribution in [0.5, 0.6) is 0 Å². The molecule has 0 radical (unpaired) electrons. The maximum absolute atomic E-state index is 15.8. The van der Waals surface area contributed by atoms with E-state index in [2.05, 4.69) is 40.7 Å². The Labute approximate surface area is 600 Å². The molecule has 598 valence electrons. The zero-order valence-electron chi connectivity index (χ0n) is 59.6. The molecule has 4 saturated carbocycles. The lowest BCUT2D eigenvalue weighted by Gasteiger charge is -2.72. The second kappa shape index (κ2) is 30.8. The van der Waals surface area contributed by atoms with Gasteiger partial charge in [0.1, 0.15) is 134 Å². The van der Waals surface area contributed by atoms with Crippen LogP contribution < -0.4 is 0 Å². The minimum atomic E-state index is -2.07. The van der Waals surface area contributed by atoms with Crippen LogP contribution >= 0.6 is 0 Å². The highest BCUT2D eigenvalue weighted by atomic mass is 16.8. The molecule has 20 N–H and O–H groups in total. The summed E-state index contributed by atoms with van der Waals surface area (Å²) >= 11 is 0. The van der Waals surface area contributed by atoms with Gasteiger partial charge in [-0.25, -0.2) is 0 Å². The van der Waals surface area contributed by atoms with Gasteiger partial charge < -0.3 is 168 Å². The van der Waals surface area contributed by atoms with Crippen LogP contribution in [0.3, 0.4) is 0 Å². The zero-order valence-corrected chi connectivity index (χ0v) is 59.6. The van der Waals surface area contributed by atoms with Crippen LogP contribution in [0.4, 0.5) is 0 Å². The molecule has 0 aromatic rings. The van der Waals surface area contributed by atoms with Gasteiger partial charge in [0.2, 0.25) is 6.29 Å². The highest BCUT2D eigenvalue weighted by molar-refractivity contribution is 5.79. The van der Waals surface area contributed by atoms with Crippen molar-refractivity contribution in [2.45, 2.75) is 322 Å². The highest BCUT2D eigenvalue weighted by Crippen LogP contribution is 2.76. The molecule has 35 heteroatoms. The number of carbonyl (C=O) groups excluding carboxylic acids is 1. The molecule has 0 aromatic carbocycles. The molecule has 5 aliphatic carbocycles. The molecule has 7 aliphatic heterocycles. The Bertz CT molecular complexity index is 2960. The fourth-order valence-corrected chi connectivity index (χ4v) is 20.2. The predicted octanol–water partition coefficient (Wildman–Crippen LogP) is -6.65. The van der Waals surface area contributed by atoms with E-state index in [9.17, 15) is 102 Å². The summed E-state index contributed by atoms with van der Waals surface area (Å²) in [4.78, 5) is 15.8. The summed E-state index contributed by atoms with van der Waals surface area (Å²) < 4.78 is 84.1. The molecule has 104 heavy (non-hydrogen) atoms. The van der Waals surface area contributed by atoms with Gasteiger partial charge in [-0.15, -0.1) is 0 Å². The first kappa shape index (κ1) is 81.4. The van der Waals surface area contributed by atoms with Gasteiger partial charge in [0.25, 0.3) is 0 Å². The second-order valence-electron chi connectivity index (χ2n) is 33.3. The first-order valence-corrected chi connectivity index (χ1v) is 36.6. The van der Waals surface area contributed by atoms with Gasteiger partial charge in [-0.1, -0.05) is 53.2 Å². The monoisotopic (exact) mass is 1500 g/mol. The fourth-order valence-electron chi connectivity index (χ4n) is 20.2. The number of esters is 1. The van der Waals surface area contributed by atoms with E-state index in [1.165, 1.54) is 13.8 Å². The summed E-state index contributed by atoms with van der Waals surface area (Å²) in [5.41, 5.74) is -3.43. The summed E-state index contributed by atoms with van der Waals surface area (Å²) in [6.07, 6.45) is -51.2. The summed E-state index contributed by atoms with van der Waals surface area (Å²) in [5.74, 6) is -1.57. The summed E-state index contributed by atoms with van der Waals surface area (Å²) in [5, 5.41) is 221. The average molecular weight is 1500 g/mol. The molecule has 12 rings (SSSR count). The molecule has 7 heterocycles. The van der Waals surface area contributed by atoms with Crippen LogP contribution in [0.1, 0.15) is 113 Å². The Kier molecular flexibility index (Phi) is 24.1. The van der Waals surface area contributed by atoms with Gasteiger partial charge in [0.05, 0.1) is 69.5 Å². The van der Waals surface area contributed by atoms with E-state index in [4.69, 9.17) is 66.3 Å². The third kappa shape index (κ3) is 14.0. The fraction of sp³-hybridized carbons (Fsp3) is 0.957. The molecule has 42 atom stereocenters. The minimum absolute atomic E-state index is 0.140. The van der Waals surface area contributed by atoms with Crippen LogP contribution in [-0.2, 0) is 71.1 Å². The van der Waals surface area contributed by atoms with Gasteiger partial charge in [-0.05, 0) is 111 Å². The van der Waals surface area contributed by atoms with Crippen LogP contribution in [0.15, 0.2) is 11.6 Å². The van der Waals surface area contributed by atoms with Gasteiger partial charge in [0.15, 0.2) is 43.8 Å². The lowest BCUT2D eigenvalue weighted by Crippen LogP contribution is -2.70. The smallest absolute Gasteiger partial charge is 0.315 e. The van der Waals surface area contributed by atoms with Gasteiger partial charge in [0, 0.05) is 5.41 Å². The molecular weight excluding hydrogens is 1390 g/mol. The Morgan fingerprint density at radius 2 is 0.942 bits per heavy atom. The van der Waals surface area contributed by atoms with E-state index in [-0.39, 0.29) is 23.7 Å². The number of aliphatic hydroxyl groups is 20. The van der Waals surface area contributed by atoms with Crippen molar-refractivity contribution < 1.29 is 173 Å². The van der Waals surface area contributed by atoms with Crippen molar-refractivity contribution in [3.63, 3.8) is 0 Å². The number of allylic oxidation sites excluding steroid dienone is 2. The number of fused-ring (bicyclic) bond motifs is 7. The average Bonchev–Trinajstić information content (AvgIpc) is 0.672. The Morgan fingerprint density at radius 1 is 0.442 bits per heavy atom. The molecule has 0 amide bonds. The second-order valence-corrected chi connectivity index (χ2v) is 33.3. The number of carbonyl (C=O) groups is 1. The highest BCUT2D eigenvalue weighted by Gasteiger charge is 2.72. The number of hydrogen-bond acceptors (Lipinski definition) is 35.